The van der Waals surface area contributed by atoms with Gasteiger partial charge in [0.25, 0.3) is 0 Å². The first-order chi connectivity index (χ1) is 10.2. The maximum absolute atomic E-state index is 11.0. The SMILES string of the molecule is COC(=O)COc1ccc(C=Nc2cccc(Cl)c2)cc1. The third kappa shape index (κ3) is 4.93. The van der Waals surface area contributed by atoms with Gasteiger partial charge in [0.1, 0.15) is 5.75 Å². The average Bonchev–Trinajstić information content (AvgIpc) is 2.51. The van der Waals surface area contributed by atoms with Crippen molar-refractivity contribution >= 4 is 29.5 Å². The summed E-state index contributed by atoms with van der Waals surface area (Å²) in [5, 5.41) is 0.649. The first-order valence-corrected chi connectivity index (χ1v) is 6.64. The zero-order chi connectivity index (χ0) is 15.1. The molecule has 5 heteroatoms. The van der Waals surface area contributed by atoms with Crippen LogP contribution in [0.4, 0.5) is 5.69 Å². The van der Waals surface area contributed by atoms with E-state index in [-0.39, 0.29) is 6.61 Å². The van der Waals surface area contributed by atoms with E-state index in [0.29, 0.717) is 10.8 Å². The number of hydrogen-bond donors (Lipinski definition) is 0. The van der Waals surface area contributed by atoms with Crippen LogP contribution in [0.1, 0.15) is 5.56 Å². The van der Waals surface area contributed by atoms with E-state index in [1.807, 2.05) is 24.3 Å². The molecule has 0 amide bonds. The molecule has 0 aliphatic rings. The van der Waals surface area contributed by atoms with Gasteiger partial charge < -0.3 is 9.47 Å². The Bertz CT molecular complexity index is 638. The van der Waals surface area contributed by atoms with Crippen molar-refractivity contribution in [1.82, 2.24) is 0 Å². The Labute approximate surface area is 128 Å². The highest BCUT2D eigenvalue weighted by atomic mass is 35.5. The Kier molecular flexibility index (Phi) is 5.35. The van der Waals surface area contributed by atoms with Crippen molar-refractivity contribution in [2.45, 2.75) is 0 Å². The minimum Gasteiger partial charge on any atom is -0.482 e. The Hall–Kier alpha value is -2.33. The zero-order valence-electron chi connectivity index (χ0n) is 11.5. The molecule has 0 bridgehead atoms. The predicted molar refractivity (Wildman–Crippen MR) is 82.7 cm³/mol. The molecule has 108 valence electrons. The van der Waals surface area contributed by atoms with Gasteiger partial charge in [-0.3, -0.25) is 4.99 Å². The largest absolute Gasteiger partial charge is 0.482 e. The van der Waals surface area contributed by atoms with Crippen molar-refractivity contribution in [2.75, 3.05) is 13.7 Å². The average molecular weight is 304 g/mol. The molecule has 0 aliphatic heterocycles. The molecule has 21 heavy (non-hydrogen) atoms. The minimum absolute atomic E-state index is 0.105. The molecule has 2 rings (SSSR count). The molecule has 0 spiro atoms. The van der Waals surface area contributed by atoms with Gasteiger partial charge in [-0.1, -0.05) is 17.7 Å². The summed E-state index contributed by atoms with van der Waals surface area (Å²) in [5.74, 6) is 0.182. The molecule has 0 fully saturated rings. The lowest BCUT2D eigenvalue weighted by atomic mass is 10.2. The normalized spacial score (nSPS) is 10.6. The fourth-order valence-electron chi connectivity index (χ4n) is 1.56. The molecule has 0 N–H and O–H groups in total. The van der Waals surface area contributed by atoms with Crippen molar-refractivity contribution in [3.63, 3.8) is 0 Å². The summed E-state index contributed by atoms with van der Waals surface area (Å²) in [4.78, 5) is 15.3. The second-order valence-electron chi connectivity index (χ2n) is 4.17. The number of esters is 1. The Morgan fingerprint density at radius 3 is 2.67 bits per heavy atom. The number of aliphatic imine (C=N–C) groups is 1. The number of benzene rings is 2. The summed E-state index contributed by atoms with van der Waals surface area (Å²) in [6, 6.07) is 14.5. The van der Waals surface area contributed by atoms with E-state index in [2.05, 4.69) is 9.73 Å². The first kappa shape index (κ1) is 15.1. The lowest BCUT2D eigenvalue weighted by Crippen LogP contribution is -2.12. The molecule has 0 saturated heterocycles. The molecule has 0 aromatic heterocycles. The van der Waals surface area contributed by atoms with Crippen LogP contribution in [-0.2, 0) is 9.53 Å². The second kappa shape index (κ2) is 7.45. The van der Waals surface area contributed by atoms with Crippen LogP contribution in [0.15, 0.2) is 53.5 Å². The summed E-state index contributed by atoms with van der Waals surface area (Å²) >= 11 is 5.89. The number of carbonyl (C=O) groups excluding carboxylic acids is 1. The summed E-state index contributed by atoms with van der Waals surface area (Å²) in [6.45, 7) is -0.105. The van der Waals surface area contributed by atoms with Crippen LogP contribution in [0.5, 0.6) is 5.75 Å². The quantitative estimate of drug-likeness (QED) is 0.626. The van der Waals surface area contributed by atoms with Crippen LogP contribution in [0.3, 0.4) is 0 Å². The van der Waals surface area contributed by atoms with Crippen LogP contribution >= 0.6 is 11.6 Å². The van der Waals surface area contributed by atoms with Crippen molar-refractivity contribution < 1.29 is 14.3 Å². The van der Waals surface area contributed by atoms with Crippen LogP contribution in [-0.4, -0.2) is 25.9 Å². The summed E-state index contributed by atoms with van der Waals surface area (Å²) < 4.78 is 9.75. The molecule has 2 aromatic rings. The van der Waals surface area contributed by atoms with E-state index >= 15 is 0 Å². The first-order valence-electron chi connectivity index (χ1n) is 6.27. The molecule has 0 atom stereocenters. The molecule has 0 aliphatic carbocycles. The van der Waals surface area contributed by atoms with E-state index in [4.69, 9.17) is 16.3 Å². The van der Waals surface area contributed by atoms with Crippen molar-refractivity contribution in [2.24, 2.45) is 4.99 Å². The van der Waals surface area contributed by atoms with Crippen LogP contribution in [0.2, 0.25) is 5.02 Å². The third-order valence-corrected chi connectivity index (χ3v) is 2.87. The molecular weight excluding hydrogens is 290 g/mol. The molecule has 0 radical (unpaired) electrons. The number of hydrogen-bond acceptors (Lipinski definition) is 4. The summed E-state index contributed by atoms with van der Waals surface area (Å²) in [5.41, 5.74) is 1.70. The Morgan fingerprint density at radius 2 is 2.00 bits per heavy atom. The number of halogens is 1. The third-order valence-electron chi connectivity index (χ3n) is 2.64. The number of rotatable bonds is 5. The second-order valence-corrected chi connectivity index (χ2v) is 4.61. The van der Waals surface area contributed by atoms with Crippen molar-refractivity contribution in [3.05, 3.63) is 59.1 Å². The van der Waals surface area contributed by atoms with Gasteiger partial charge in [-0.15, -0.1) is 0 Å². The van der Waals surface area contributed by atoms with E-state index in [9.17, 15) is 4.79 Å². The van der Waals surface area contributed by atoms with Gasteiger partial charge in [0, 0.05) is 11.2 Å². The molecule has 4 nitrogen and oxygen atoms in total. The Balaban J connectivity index is 1.97. The highest BCUT2D eigenvalue weighted by Gasteiger charge is 2.01. The Morgan fingerprint density at radius 1 is 1.24 bits per heavy atom. The summed E-state index contributed by atoms with van der Waals surface area (Å²) in [6.07, 6.45) is 1.73. The minimum atomic E-state index is -0.415. The number of nitrogens with zero attached hydrogens (tertiary/aromatic N) is 1. The standard InChI is InChI=1S/C16H14ClNO3/c1-20-16(19)11-21-15-7-5-12(6-8-15)10-18-14-4-2-3-13(17)9-14/h2-10H,11H2,1H3. The highest BCUT2D eigenvalue weighted by molar-refractivity contribution is 6.30. The van der Waals surface area contributed by atoms with E-state index < -0.39 is 5.97 Å². The lowest BCUT2D eigenvalue weighted by Gasteiger charge is -2.04. The van der Waals surface area contributed by atoms with Gasteiger partial charge in [-0.05, 0) is 48.0 Å². The van der Waals surface area contributed by atoms with E-state index in [1.54, 1.807) is 30.5 Å². The fraction of sp³-hybridized carbons (Fsp3) is 0.125. The smallest absolute Gasteiger partial charge is 0.343 e. The van der Waals surface area contributed by atoms with Gasteiger partial charge in [0.15, 0.2) is 6.61 Å². The lowest BCUT2D eigenvalue weighted by molar-refractivity contribution is -0.142. The van der Waals surface area contributed by atoms with E-state index in [0.717, 1.165) is 11.3 Å². The number of ether oxygens (including phenoxy) is 2. The molecular formula is C16H14ClNO3. The maximum atomic E-state index is 11.0. The highest BCUT2D eigenvalue weighted by Crippen LogP contribution is 2.18. The van der Waals surface area contributed by atoms with Crippen LogP contribution in [0, 0.1) is 0 Å². The van der Waals surface area contributed by atoms with Gasteiger partial charge >= 0.3 is 5.97 Å². The topological polar surface area (TPSA) is 47.9 Å². The number of methoxy groups -OCH3 is 1. The van der Waals surface area contributed by atoms with Gasteiger partial charge in [0.05, 0.1) is 12.8 Å². The summed E-state index contributed by atoms with van der Waals surface area (Å²) in [7, 11) is 1.32. The van der Waals surface area contributed by atoms with Crippen LogP contribution < -0.4 is 4.74 Å². The van der Waals surface area contributed by atoms with Crippen molar-refractivity contribution in [1.29, 1.82) is 0 Å². The molecule has 0 heterocycles. The molecule has 0 unspecified atom stereocenters. The number of carbonyl (C=O) groups is 1. The van der Waals surface area contributed by atoms with Crippen molar-refractivity contribution in [3.8, 4) is 5.75 Å². The van der Waals surface area contributed by atoms with Gasteiger partial charge in [0.2, 0.25) is 0 Å². The van der Waals surface area contributed by atoms with Gasteiger partial charge in [-0.25, -0.2) is 4.79 Å². The monoisotopic (exact) mass is 303 g/mol. The maximum Gasteiger partial charge on any atom is 0.343 e. The van der Waals surface area contributed by atoms with Crippen LogP contribution in [0.25, 0.3) is 0 Å². The predicted octanol–water partition coefficient (Wildman–Crippen LogP) is 3.64. The molecule has 2 aromatic carbocycles. The van der Waals surface area contributed by atoms with E-state index in [1.165, 1.54) is 7.11 Å². The van der Waals surface area contributed by atoms with Gasteiger partial charge in [-0.2, -0.15) is 0 Å². The fourth-order valence-corrected chi connectivity index (χ4v) is 1.74. The molecule has 0 saturated carbocycles. The zero-order valence-corrected chi connectivity index (χ0v) is 12.2.